The van der Waals surface area contributed by atoms with Gasteiger partial charge >= 0.3 is 5.97 Å². The van der Waals surface area contributed by atoms with Gasteiger partial charge in [0.15, 0.2) is 0 Å². The molecule has 1 aromatic heterocycles. The average molecular weight is 391 g/mol. The predicted molar refractivity (Wildman–Crippen MR) is 111 cm³/mol. The molecule has 0 radical (unpaired) electrons. The van der Waals surface area contributed by atoms with E-state index in [9.17, 15) is 9.59 Å². The van der Waals surface area contributed by atoms with Gasteiger partial charge in [-0.1, -0.05) is 48.5 Å². The summed E-state index contributed by atoms with van der Waals surface area (Å²) in [5, 5.41) is 16.3. The highest BCUT2D eigenvalue weighted by atomic mass is 16.4. The van der Waals surface area contributed by atoms with E-state index in [1.807, 2.05) is 66.9 Å². The Morgan fingerprint density at radius 3 is 2.34 bits per heavy atom. The van der Waals surface area contributed by atoms with Gasteiger partial charge in [-0.15, -0.1) is 0 Å². The van der Waals surface area contributed by atoms with Gasteiger partial charge in [0.25, 0.3) is 0 Å². The molecule has 0 saturated carbocycles. The zero-order valence-corrected chi connectivity index (χ0v) is 16.2. The summed E-state index contributed by atoms with van der Waals surface area (Å²) in [6, 6.07) is 19.4. The van der Waals surface area contributed by atoms with Crippen LogP contribution in [0.15, 0.2) is 73.1 Å². The monoisotopic (exact) mass is 391 g/mol. The SMILES string of the molecule is O=C(O)CCC(Cc1ccccc1)NC(=O)CCc1cnn(-c2ccccc2)c1. The first-order valence-corrected chi connectivity index (χ1v) is 9.74. The van der Waals surface area contributed by atoms with Crippen LogP contribution in [0.2, 0.25) is 0 Å². The lowest BCUT2D eigenvalue weighted by Gasteiger charge is -2.18. The summed E-state index contributed by atoms with van der Waals surface area (Å²) in [6.07, 6.45) is 5.66. The number of nitrogens with zero attached hydrogens (tertiary/aromatic N) is 2. The third kappa shape index (κ3) is 6.60. The van der Waals surface area contributed by atoms with E-state index >= 15 is 0 Å². The molecule has 1 amide bonds. The van der Waals surface area contributed by atoms with Crippen molar-refractivity contribution in [2.24, 2.45) is 0 Å². The van der Waals surface area contributed by atoms with Crippen LogP contribution in [0, 0.1) is 0 Å². The first-order valence-electron chi connectivity index (χ1n) is 9.74. The van der Waals surface area contributed by atoms with Crippen LogP contribution >= 0.6 is 0 Å². The number of aliphatic carboxylic acids is 1. The van der Waals surface area contributed by atoms with Gasteiger partial charge in [0.2, 0.25) is 5.91 Å². The molecular formula is C23H25N3O3. The molecule has 1 heterocycles. The smallest absolute Gasteiger partial charge is 0.303 e. The minimum atomic E-state index is -0.856. The lowest BCUT2D eigenvalue weighted by Crippen LogP contribution is -2.37. The Balaban J connectivity index is 1.54. The summed E-state index contributed by atoms with van der Waals surface area (Å²) in [5.41, 5.74) is 3.03. The fraction of sp³-hybridized carbons (Fsp3) is 0.261. The maximum Gasteiger partial charge on any atom is 0.303 e. The molecule has 2 aromatic carbocycles. The molecule has 150 valence electrons. The summed E-state index contributed by atoms with van der Waals surface area (Å²) < 4.78 is 1.79. The highest BCUT2D eigenvalue weighted by molar-refractivity contribution is 5.76. The molecule has 2 N–H and O–H groups in total. The Hall–Kier alpha value is -3.41. The van der Waals surface area contributed by atoms with Gasteiger partial charge in [0.1, 0.15) is 0 Å². The van der Waals surface area contributed by atoms with Crippen molar-refractivity contribution in [1.82, 2.24) is 15.1 Å². The summed E-state index contributed by atoms with van der Waals surface area (Å²) in [6.45, 7) is 0. The lowest BCUT2D eigenvalue weighted by atomic mass is 10.0. The van der Waals surface area contributed by atoms with Crippen molar-refractivity contribution in [2.75, 3.05) is 0 Å². The van der Waals surface area contributed by atoms with Crippen LogP contribution in [0.25, 0.3) is 5.69 Å². The first-order chi connectivity index (χ1) is 14.1. The number of carbonyl (C=O) groups excluding carboxylic acids is 1. The minimum Gasteiger partial charge on any atom is -0.481 e. The topological polar surface area (TPSA) is 84.2 Å². The Bertz CT molecular complexity index is 923. The molecule has 6 heteroatoms. The zero-order chi connectivity index (χ0) is 20.5. The molecule has 3 aromatic rings. The summed E-state index contributed by atoms with van der Waals surface area (Å²) >= 11 is 0. The van der Waals surface area contributed by atoms with E-state index in [-0.39, 0.29) is 18.4 Å². The highest BCUT2D eigenvalue weighted by Crippen LogP contribution is 2.11. The molecule has 1 atom stereocenters. The number of hydrogen-bond acceptors (Lipinski definition) is 3. The van der Waals surface area contributed by atoms with Crippen molar-refractivity contribution in [3.8, 4) is 5.69 Å². The Kier molecular flexibility index (Phi) is 7.16. The average Bonchev–Trinajstić information content (AvgIpc) is 3.21. The quantitative estimate of drug-likeness (QED) is 0.555. The number of rotatable bonds is 10. The second kappa shape index (κ2) is 10.2. The summed E-state index contributed by atoms with van der Waals surface area (Å²) in [5.74, 6) is -0.936. The summed E-state index contributed by atoms with van der Waals surface area (Å²) in [7, 11) is 0. The van der Waals surface area contributed by atoms with Crippen molar-refractivity contribution < 1.29 is 14.7 Å². The highest BCUT2D eigenvalue weighted by Gasteiger charge is 2.15. The molecule has 29 heavy (non-hydrogen) atoms. The van der Waals surface area contributed by atoms with E-state index in [1.54, 1.807) is 10.9 Å². The fourth-order valence-electron chi connectivity index (χ4n) is 3.19. The first kappa shape index (κ1) is 20.3. The maximum absolute atomic E-state index is 12.5. The van der Waals surface area contributed by atoms with E-state index in [1.165, 1.54) is 0 Å². The molecule has 0 bridgehead atoms. The number of nitrogens with one attached hydrogen (secondary N) is 1. The number of hydrogen-bond donors (Lipinski definition) is 2. The standard InChI is InChI=1S/C23H25N3O3/c27-22(13-11-19-16-24-26(17-19)21-9-5-2-6-10-21)25-20(12-14-23(28)29)15-18-7-3-1-4-8-18/h1-10,16-17,20H,11-15H2,(H,25,27)(H,28,29). The third-order valence-electron chi connectivity index (χ3n) is 4.69. The number of carboxylic acid groups (broad SMARTS) is 1. The van der Waals surface area contributed by atoms with Gasteiger partial charge in [-0.05, 0) is 42.5 Å². The molecule has 3 rings (SSSR count). The molecule has 0 aliphatic carbocycles. The Labute approximate surface area is 170 Å². The zero-order valence-electron chi connectivity index (χ0n) is 16.2. The van der Waals surface area contributed by atoms with Crippen LogP contribution in [-0.4, -0.2) is 32.8 Å². The van der Waals surface area contributed by atoms with Crippen LogP contribution in [-0.2, 0) is 22.4 Å². The largest absolute Gasteiger partial charge is 0.481 e. The van der Waals surface area contributed by atoms with Crippen molar-refractivity contribution in [3.63, 3.8) is 0 Å². The molecule has 0 saturated heterocycles. The van der Waals surface area contributed by atoms with Gasteiger partial charge < -0.3 is 10.4 Å². The van der Waals surface area contributed by atoms with Gasteiger partial charge in [0.05, 0.1) is 11.9 Å². The predicted octanol–water partition coefficient (Wildman–Crippen LogP) is 3.40. The Morgan fingerprint density at radius 2 is 1.66 bits per heavy atom. The molecule has 6 nitrogen and oxygen atoms in total. The molecule has 0 fully saturated rings. The van der Waals surface area contributed by atoms with E-state index in [0.717, 1.165) is 16.8 Å². The Morgan fingerprint density at radius 1 is 0.966 bits per heavy atom. The number of aryl methyl sites for hydroxylation is 1. The second-order valence-corrected chi connectivity index (χ2v) is 7.02. The van der Waals surface area contributed by atoms with E-state index in [4.69, 9.17) is 5.11 Å². The van der Waals surface area contributed by atoms with E-state index in [0.29, 0.717) is 25.7 Å². The van der Waals surface area contributed by atoms with Gasteiger partial charge in [-0.2, -0.15) is 5.10 Å². The lowest BCUT2D eigenvalue weighted by molar-refractivity contribution is -0.137. The minimum absolute atomic E-state index is 0.0294. The van der Waals surface area contributed by atoms with Crippen molar-refractivity contribution >= 4 is 11.9 Å². The summed E-state index contributed by atoms with van der Waals surface area (Å²) in [4.78, 5) is 23.4. The molecule has 1 unspecified atom stereocenters. The third-order valence-corrected chi connectivity index (χ3v) is 4.69. The van der Waals surface area contributed by atoms with Crippen molar-refractivity contribution in [1.29, 1.82) is 0 Å². The number of amides is 1. The number of para-hydroxylation sites is 1. The molecular weight excluding hydrogens is 366 g/mol. The fourth-order valence-corrected chi connectivity index (χ4v) is 3.19. The number of carbonyl (C=O) groups is 2. The van der Waals surface area contributed by atoms with Gasteiger partial charge in [0, 0.05) is 25.1 Å². The van der Waals surface area contributed by atoms with Gasteiger partial charge in [-0.3, -0.25) is 9.59 Å². The van der Waals surface area contributed by atoms with E-state index < -0.39 is 5.97 Å². The molecule has 0 aliphatic heterocycles. The van der Waals surface area contributed by atoms with Crippen LogP contribution in [0.1, 0.15) is 30.4 Å². The molecule has 0 aliphatic rings. The van der Waals surface area contributed by atoms with Crippen LogP contribution in [0.5, 0.6) is 0 Å². The number of benzene rings is 2. The second-order valence-electron chi connectivity index (χ2n) is 7.02. The van der Waals surface area contributed by atoms with Crippen molar-refractivity contribution in [3.05, 3.63) is 84.2 Å². The molecule has 0 spiro atoms. The van der Waals surface area contributed by atoms with Crippen molar-refractivity contribution in [2.45, 2.75) is 38.1 Å². The number of carboxylic acids is 1. The van der Waals surface area contributed by atoms with Crippen LogP contribution in [0.3, 0.4) is 0 Å². The normalized spacial score (nSPS) is 11.7. The maximum atomic E-state index is 12.5. The van der Waals surface area contributed by atoms with Crippen LogP contribution in [0.4, 0.5) is 0 Å². The number of aromatic nitrogens is 2. The van der Waals surface area contributed by atoms with Gasteiger partial charge in [-0.25, -0.2) is 4.68 Å². The van der Waals surface area contributed by atoms with Crippen LogP contribution < -0.4 is 5.32 Å². The van der Waals surface area contributed by atoms with E-state index in [2.05, 4.69) is 10.4 Å².